The third kappa shape index (κ3) is 4.88. The summed E-state index contributed by atoms with van der Waals surface area (Å²) >= 11 is 0. The minimum Gasteiger partial charge on any atom is -0.456 e. The summed E-state index contributed by atoms with van der Waals surface area (Å²) < 4.78 is 15.4. The Labute approximate surface area is 334 Å². The summed E-state index contributed by atoms with van der Waals surface area (Å²) in [4.78, 5) is 2.47. The lowest BCUT2D eigenvalue weighted by atomic mass is 9.96. The van der Waals surface area contributed by atoms with E-state index in [4.69, 9.17) is 8.83 Å². The lowest BCUT2D eigenvalue weighted by molar-refractivity contribution is 0.669. The van der Waals surface area contributed by atoms with Crippen molar-refractivity contribution in [3.8, 4) is 27.9 Å². The van der Waals surface area contributed by atoms with Gasteiger partial charge in [0, 0.05) is 54.7 Å². The Morgan fingerprint density at radius 2 is 0.897 bits per heavy atom. The zero-order valence-corrected chi connectivity index (χ0v) is 31.3. The first kappa shape index (κ1) is 32.4. The SMILES string of the molecule is c1ccc(-n2c3ccccc3c3c(N(c4ccccc4-c4ccc5oc6ccccc6c5c4)c4ccccc4-c4cccc5c4oc4ccccc45)cccc32)cc1. The van der Waals surface area contributed by atoms with Crippen LogP contribution in [0.4, 0.5) is 17.1 Å². The van der Waals surface area contributed by atoms with E-state index < -0.39 is 0 Å². The summed E-state index contributed by atoms with van der Waals surface area (Å²) in [5, 5.41) is 6.77. The van der Waals surface area contributed by atoms with Gasteiger partial charge in [-0.15, -0.1) is 0 Å². The molecule has 4 nitrogen and oxygen atoms in total. The molecule has 12 aromatic rings. The molecule has 0 spiro atoms. The van der Waals surface area contributed by atoms with Crippen molar-refractivity contribution in [3.05, 3.63) is 206 Å². The third-order valence-electron chi connectivity index (χ3n) is 11.6. The molecule has 0 aliphatic carbocycles. The van der Waals surface area contributed by atoms with Gasteiger partial charge in [-0.1, -0.05) is 140 Å². The second kappa shape index (κ2) is 12.9. The molecule has 58 heavy (non-hydrogen) atoms. The molecule has 0 N–H and O–H groups in total. The van der Waals surface area contributed by atoms with Gasteiger partial charge in [-0.3, -0.25) is 0 Å². The van der Waals surface area contributed by atoms with Crippen LogP contribution in [-0.2, 0) is 0 Å². The maximum absolute atomic E-state index is 6.70. The van der Waals surface area contributed by atoms with Crippen LogP contribution in [0.5, 0.6) is 0 Å². The molecular weight excluding hydrogens is 709 g/mol. The number of rotatable bonds is 6. The van der Waals surface area contributed by atoms with E-state index in [1.165, 1.54) is 10.8 Å². The molecule has 3 aromatic heterocycles. The van der Waals surface area contributed by atoms with Gasteiger partial charge >= 0.3 is 0 Å². The van der Waals surface area contributed by atoms with Crippen molar-refractivity contribution in [1.82, 2.24) is 4.57 Å². The Hall–Kier alpha value is -7.82. The zero-order chi connectivity index (χ0) is 38.2. The molecule has 0 saturated carbocycles. The highest BCUT2D eigenvalue weighted by Gasteiger charge is 2.26. The lowest BCUT2D eigenvalue weighted by Gasteiger charge is -2.30. The normalized spacial score (nSPS) is 11.8. The Morgan fingerprint density at radius 3 is 1.72 bits per heavy atom. The lowest BCUT2D eigenvalue weighted by Crippen LogP contribution is -2.13. The molecule has 272 valence electrons. The molecular formula is C54H34N2O2. The van der Waals surface area contributed by atoms with Crippen LogP contribution < -0.4 is 4.90 Å². The van der Waals surface area contributed by atoms with Gasteiger partial charge in [0.15, 0.2) is 0 Å². The maximum atomic E-state index is 6.70. The van der Waals surface area contributed by atoms with E-state index in [2.05, 4.69) is 198 Å². The van der Waals surface area contributed by atoms with E-state index in [9.17, 15) is 0 Å². The average molecular weight is 743 g/mol. The van der Waals surface area contributed by atoms with Crippen LogP contribution >= 0.6 is 0 Å². The van der Waals surface area contributed by atoms with Crippen molar-refractivity contribution < 1.29 is 8.83 Å². The van der Waals surface area contributed by atoms with Crippen LogP contribution in [0.2, 0.25) is 0 Å². The maximum Gasteiger partial charge on any atom is 0.143 e. The van der Waals surface area contributed by atoms with Crippen molar-refractivity contribution in [2.45, 2.75) is 0 Å². The largest absolute Gasteiger partial charge is 0.456 e. The van der Waals surface area contributed by atoms with E-state index >= 15 is 0 Å². The average Bonchev–Trinajstić information content (AvgIpc) is 3.97. The molecule has 0 amide bonds. The first-order valence-electron chi connectivity index (χ1n) is 19.7. The molecule has 0 radical (unpaired) electrons. The molecule has 3 heterocycles. The van der Waals surface area contributed by atoms with Crippen molar-refractivity contribution in [1.29, 1.82) is 0 Å². The highest BCUT2D eigenvalue weighted by molar-refractivity contribution is 6.18. The summed E-state index contributed by atoms with van der Waals surface area (Å²) in [6.07, 6.45) is 0. The van der Waals surface area contributed by atoms with Crippen molar-refractivity contribution >= 4 is 82.7 Å². The highest BCUT2D eigenvalue weighted by atomic mass is 16.3. The van der Waals surface area contributed by atoms with Crippen LogP contribution in [0, 0.1) is 0 Å². The zero-order valence-electron chi connectivity index (χ0n) is 31.3. The summed E-state index contributed by atoms with van der Waals surface area (Å²) in [5.74, 6) is 0. The number of furan rings is 2. The molecule has 0 aliphatic rings. The Morgan fingerprint density at radius 1 is 0.345 bits per heavy atom. The van der Waals surface area contributed by atoms with E-state index in [1.807, 2.05) is 18.2 Å². The minimum atomic E-state index is 0.876. The molecule has 0 atom stereocenters. The second-order valence-corrected chi connectivity index (χ2v) is 14.8. The van der Waals surface area contributed by atoms with Crippen LogP contribution in [0.25, 0.3) is 93.6 Å². The number of nitrogens with zero attached hydrogens (tertiary/aromatic N) is 2. The third-order valence-corrected chi connectivity index (χ3v) is 11.6. The van der Waals surface area contributed by atoms with Gasteiger partial charge in [-0.25, -0.2) is 0 Å². The minimum absolute atomic E-state index is 0.876. The van der Waals surface area contributed by atoms with Crippen molar-refractivity contribution in [3.63, 3.8) is 0 Å². The summed E-state index contributed by atoms with van der Waals surface area (Å²) in [5.41, 5.74) is 14.4. The fourth-order valence-corrected chi connectivity index (χ4v) is 9.09. The number of fused-ring (bicyclic) bond motifs is 9. The van der Waals surface area contributed by atoms with E-state index in [0.717, 1.165) is 99.9 Å². The monoisotopic (exact) mass is 742 g/mol. The van der Waals surface area contributed by atoms with Gasteiger partial charge in [-0.05, 0) is 72.3 Å². The fourth-order valence-electron chi connectivity index (χ4n) is 9.09. The summed E-state index contributed by atoms with van der Waals surface area (Å²) in [6, 6.07) is 73.3. The topological polar surface area (TPSA) is 34.5 Å². The Balaban J connectivity index is 1.18. The van der Waals surface area contributed by atoms with E-state index in [0.29, 0.717) is 0 Å². The summed E-state index contributed by atoms with van der Waals surface area (Å²) in [7, 11) is 0. The van der Waals surface area contributed by atoms with Crippen LogP contribution in [0.3, 0.4) is 0 Å². The molecule has 9 aromatic carbocycles. The standard InChI is InChI=1S/C54H34N2O2/c1-2-16-36(17-3-1)55-47-27-11-6-22-43(47)53-48(55)28-15-29-49(53)56(45-25-9-4-18-37(45)35-32-33-52-44(34-35)40-21-8-12-30-50(40)57-52)46-26-10-5-19-38(46)41-23-14-24-42-39-20-7-13-31-51(39)58-54(41)42/h1-34H. The van der Waals surface area contributed by atoms with Gasteiger partial charge in [0.1, 0.15) is 22.3 Å². The second-order valence-electron chi connectivity index (χ2n) is 14.8. The van der Waals surface area contributed by atoms with Gasteiger partial charge in [0.25, 0.3) is 0 Å². The number of hydrogen-bond acceptors (Lipinski definition) is 3. The van der Waals surface area contributed by atoms with Crippen LogP contribution in [0.1, 0.15) is 0 Å². The van der Waals surface area contributed by atoms with Gasteiger partial charge in [0.05, 0.1) is 28.1 Å². The van der Waals surface area contributed by atoms with Gasteiger partial charge in [0.2, 0.25) is 0 Å². The van der Waals surface area contributed by atoms with Crippen LogP contribution in [-0.4, -0.2) is 4.57 Å². The molecule has 0 saturated heterocycles. The Bertz CT molecular complexity index is 3530. The quantitative estimate of drug-likeness (QED) is 0.170. The number of hydrogen-bond donors (Lipinski definition) is 0. The molecule has 12 rings (SSSR count). The molecule has 0 aliphatic heterocycles. The predicted molar refractivity (Wildman–Crippen MR) is 241 cm³/mol. The number of aromatic nitrogens is 1. The summed E-state index contributed by atoms with van der Waals surface area (Å²) in [6.45, 7) is 0. The highest BCUT2D eigenvalue weighted by Crippen LogP contribution is 2.50. The van der Waals surface area contributed by atoms with Gasteiger partial charge < -0.3 is 18.3 Å². The smallest absolute Gasteiger partial charge is 0.143 e. The first-order valence-corrected chi connectivity index (χ1v) is 19.7. The van der Waals surface area contributed by atoms with Crippen LogP contribution in [0.15, 0.2) is 215 Å². The molecule has 0 fully saturated rings. The first-order chi connectivity index (χ1) is 28.8. The molecule has 0 unspecified atom stereocenters. The van der Waals surface area contributed by atoms with E-state index in [1.54, 1.807) is 0 Å². The Kier molecular flexibility index (Phi) is 7.20. The number of para-hydroxylation sites is 7. The predicted octanol–water partition coefficient (Wildman–Crippen LogP) is 15.4. The molecule has 0 bridgehead atoms. The van der Waals surface area contributed by atoms with Crippen molar-refractivity contribution in [2.24, 2.45) is 0 Å². The van der Waals surface area contributed by atoms with Crippen molar-refractivity contribution in [2.75, 3.05) is 4.90 Å². The number of anilines is 3. The molecule has 4 heteroatoms. The number of benzene rings is 9. The fraction of sp³-hybridized carbons (Fsp3) is 0. The van der Waals surface area contributed by atoms with Gasteiger partial charge in [-0.2, -0.15) is 0 Å². The van der Waals surface area contributed by atoms with E-state index in [-0.39, 0.29) is 0 Å².